The van der Waals surface area contributed by atoms with Crippen molar-refractivity contribution in [2.45, 2.75) is 26.0 Å². The summed E-state index contributed by atoms with van der Waals surface area (Å²) in [6.45, 7) is 2.05. The van der Waals surface area contributed by atoms with Crippen molar-refractivity contribution in [2.75, 3.05) is 0 Å². The van der Waals surface area contributed by atoms with Crippen molar-refractivity contribution in [3.8, 4) is 0 Å². The molecule has 1 aliphatic rings. The maximum atomic E-state index is 12.2. The molecule has 1 aliphatic heterocycles. The number of amides is 1. The molecule has 10 heteroatoms. The molecule has 2 N–H and O–H groups in total. The summed E-state index contributed by atoms with van der Waals surface area (Å²) < 4.78 is 2.26. The minimum Gasteiger partial charge on any atom is -0.390 e. The lowest BCUT2D eigenvalue weighted by Gasteiger charge is -2.08. The third-order valence-electron chi connectivity index (χ3n) is 2.91. The summed E-state index contributed by atoms with van der Waals surface area (Å²) in [5.41, 5.74) is 5.48. The van der Waals surface area contributed by atoms with Gasteiger partial charge < -0.3 is 10.6 Å². The number of carbonyl (C=O) groups is 1. The van der Waals surface area contributed by atoms with Crippen LogP contribution in [0.25, 0.3) is 5.65 Å². The van der Waals surface area contributed by atoms with Gasteiger partial charge in [0, 0.05) is 6.42 Å². The molecule has 3 heterocycles. The number of primary amides is 1. The molecule has 0 fully saturated rings. The van der Waals surface area contributed by atoms with Crippen molar-refractivity contribution in [3.05, 3.63) is 22.5 Å². The lowest BCUT2D eigenvalue weighted by Crippen LogP contribution is -2.34. The van der Waals surface area contributed by atoms with Crippen molar-refractivity contribution >= 4 is 17.3 Å². The predicted molar refractivity (Wildman–Crippen MR) is 66.2 cm³/mol. The van der Waals surface area contributed by atoms with E-state index in [1.807, 2.05) is 6.92 Å². The van der Waals surface area contributed by atoms with E-state index in [0.717, 1.165) is 14.8 Å². The van der Waals surface area contributed by atoms with Gasteiger partial charge in [0.2, 0.25) is 0 Å². The van der Waals surface area contributed by atoms with Gasteiger partial charge in [-0.1, -0.05) is 10.4 Å². The first-order chi connectivity index (χ1) is 9.56. The first-order valence-electron chi connectivity index (χ1n) is 5.86. The van der Waals surface area contributed by atoms with Gasteiger partial charge in [0.1, 0.15) is 6.33 Å². The van der Waals surface area contributed by atoms with E-state index >= 15 is 0 Å². The first-order valence-corrected chi connectivity index (χ1v) is 5.86. The number of oxime groups is 1. The molecule has 0 saturated heterocycles. The van der Waals surface area contributed by atoms with Gasteiger partial charge in [-0.05, 0) is 6.92 Å². The fourth-order valence-electron chi connectivity index (χ4n) is 1.98. The Balaban J connectivity index is 1.96. The zero-order valence-electron chi connectivity index (χ0n) is 10.6. The van der Waals surface area contributed by atoms with Gasteiger partial charge in [-0.2, -0.15) is 4.68 Å². The molecule has 1 atom stereocenters. The minimum atomic E-state index is -0.762. The van der Waals surface area contributed by atoms with Crippen molar-refractivity contribution in [3.63, 3.8) is 0 Å². The van der Waals surface area contributed by atoms with Crippen molar-refractivity contribution < 1.29 is 9.63 Å². The highest BCUT2D eigenvalue weighted by Gasteiger charge is 2.21. The van der Waals surface area contributed by atoms with Crippen molar-refractivity contribution in [2.24, 2.45) is 10.9 Å². The van der Waals surface area contributed by atoms with E-state index in [1.165, 1.54) is 6.33 Å². The predicted octanol–water partition coefficient (Wildman–Crippen LogP) is -1.45. The lowest BCUT2D eigenvalue weighted by atomic mass is 10.2. The zero-order valence-corrected chi connectivity index (χ0v) is 10.6. The van der Waals surface area contributed by atoms with Crippen molar-refractivity contribution in [1.29, 1.82) is 0 Å². The molecule has 2 aromatic rings. The average molecular weight is 277 g/mol. The number of hydrogen-bond donors (Lipinski definition) is 1. The summed E-state index contributed by atoms with van der Waals surface area (Å²) >= 11 is 0. The largest absolute Gasteiger partial charge is 0.390 e. The fraction of sp³-hybridized carbons (Fsp3) is 0.400. The molecule has 20 heavy (non-hydrogen) atoms. The molecule has 0 aromatic carbocycles. The highest BCUT2D eigenvalue weighted by Crippen LogP contribution is 2.11. The minimum absolute atomic E-state index is 0.0403. The summed E-state index contributed by atoms with van der Waals surface area (Å²) in [5.74, 6) is -0.762. The van der Waals surface area contributed by atoms with Crippen LogP contribution in [0.1, 0.15) is 23.8 Å². The Morgan fingerprint density at radius 2 is 2.40 bits per heavy atom. The van der Waals surface area contributed by atoms with Crippen molar-refractivity contribution in [1.82, 2.24) is 24.4 Å². The smallest absolute Gasteiger partial charge is 0.353 e. The third kappa shape index (κ3) is 1.90. The normalized spacial score (nSPS) is 18.1. The van der Waals surface area contributed by atoms with E-state index in [2.05, 4.69) is 20.5 Å². The summed E-state index contributed by atoms with van der Waals surface area (Å²) in [5, 5.41) is 11.4. The third-order valence-corrected chi connectivity index (χ3v) is 2.91. The second-order valence-electron chi connectivity index (χ2n) is 4.46. The van der Waals surface area contributed by atoms with Gasteiger partial charge in [0.15, 0.2) is 17.4 Å². The van der Waals surface area contributed by atoms with Crippen LogP contribution in [0.4, 0.5) is 0 Å². The van der Waals surface area contributed by atoms with E-state index in [0.29, 0.717) is 6.42 Å². The quantitative estimate of drug-likeness (QED) is 0.730. The van der Waals surface area contributed by atoms with Crippen LogP contribution in [-0.4, -0.2) is 42.1 Å². The van der Waals surface area contributed by atoms with Crippen LogP contribution in [0.3, 0.4) is 0 Å². The van der Waals surface area contributed by atoms with Gasteiger partial charge in [-0.15, -0.1) is 5.10 Å². The molecule has 10 nitrogen and oxygen atoms in total. The Morgan fingerprint density at radius 1 is 1.60 bits per heavy atom. The van der Waals surface area contributed by atoms with Crippen LogP contribution >= 0.6 is 0 Å². The van der Waals surface area contributed by atoms with E-state index in [4.69, 9.17) is 10.6 Å². The summed E-state index contributed by atoms with van der Waals surface area (Å²) in [6.07, 6.45) is 1.57. The van der Waals surface area contributed by atoms with Crippen LogP contribution in [0, 0.1) is 0 Å². The van der Waals surface area contributed by atoms with Gasteiger partial charge in [-0.25, -0.2) is 14.2 Å². The Hall–Kier alpha value is -2.78. The number of nitrogens with two attached hydrogens (primary N) is 1. The van der Waals surface area contributed by atoms with Gasteiger partial charge in [-0.3, -0.25) is 4.79 Å². The van der Waals surface area contributed by atoms with Crippen LogP contribution in [0.15, 0.2) is 16.3 Å². The second-order valence-corrected chi connectivity index (χ2v) is 4.46. The maximum Gasteiger partial charge on any atom is 0.353 e. The van der Waals surface area contributed by atoms with E-state index in [-0.39, 0.29) is 24.0 Å². The molecule has 3 rings (SSSR count). The summed E-state index contributed by atoms with van der Waals surface area (Å²) in [6, 6.07) is 0. The molecule has 2 aromatic heterocycles. The molecule has 1 amide bonds. The molecule has 0 radical (unpaired) electrons. The Morgan fingerprint density at radius 3 is 3.05 bits per heavy atom. The SMILES string of the molecule is CC1=NOC(Cn2nnc3c(C(N)=O)ncn3c2=O)C1. The van der Waals surface area contributed by atoms with Crippen LogP contribution in [-0.2, 0) is 11.4 Å². The molecule has 0 saturated carbocycles. The summed E-state index contributed by atoms with van der Waals surface area (Å²) in [7, 11) is 0. The Labute approximate surface area is 111 Å². The number of carbonyl (C=O) groups excluding carboxylic acids is 1. The van der Waals surface area contributed by atoms with Crippen LogP contribution in [0.2, 0.25) is 0 Å². The molecule has 0 spiro atoms. The monoisotopic (exact) mass is 277 g/mol. The number of rotatable bonds is 3. The zero-order chi connectivity index (χ0) is 14.3. The number of imidazole rings is 1. The molecule has 1 unspecified atom stereocenters. The molecular formula is C10H11N7O3. The maximum absolute atomic E-state index is 12.2. The average Bonchev–Trinajstić information content (AvgIpc) is 2.99. The van der Waals surface area contributed by atoms with Gasteiger partial charge >= 0.3 is 5.69 Å². The Kier molecular flexibility index (Phi) is 2.70. The highest BCUT2D eigenvalue weighted by molar-refractivity contribution is 5.96. The summed E-state index contributed by atoms with van der Waals surface area (Å²) in [4.78, 5) is 32.2. The van der Waals surface area contributed by atoms with Gasteiger partial charge in [0.05, 0.1) is 12.3 Å². The van der Waals surface area contributed by atoms with E-state index < -0.39 is 11.6 Å². The number of fused-ring (bicyclic) bond motifs is 1. The van der Waals surface area contributed by atoms with E-state index in [1.54, 1.807) is 0 Å². The van der Waals surface area contributed by atoms with Gasteiger partial charge in [0.25, 0.3) is 5.91 Å². The molecular weight excluding hydrogens is 266 g/mol. The fourth-order valence-corrected chi connectivity index (χ4v) is 1.98. The number of hydrogen-bond acceptors (Lipinski definition) is 7. The molecule has 0 aliphatic carbocycles. The van der Waals surface area contributed by atoms with Crippen LogP contribution in [0.5, 0.6) is 0 Å². The number of aromatic nitrogens is 5. The topological polar surface area (TPSA) is 130 Å². The number of nitrogens with zero attached hydrogens (tertiary/aromatic N) is 6. The second kappa shape index (κ2) is 4.40. The van der Waals surface area contributed by atoms with E-state index in [9.17, 15) is 9.59 Å². The highest BCUT2D eigenvalue weighted by atomic mass is 16.6. The molecule has 104 valence electrons. The van der Waals surface area contributed by atoms with Crippen LogP contribution < -0.4 is 11.4 Å². The standard InChI is InChI=1S/C10H11N7O3/c1-5-2-6(20-14-5)3-17-10(19)16-4-12-7(8(11)18)9(16)13-15-17/h4,6H,2-3H2,1H3,(H2,11,18). The molecule has 0 bridgehead atoms. The lowest BCUT2D eigenvalue weighted by molar-refractivity contribution is 0.0673. The first kappa shape index (κ1) is 12.3. The Bertz CT molecular complexity index is 775.